The topological polar surface area (TPSA) is 47.6 Å². The Morgan fingerprint density at radius 1 is 1.23 bits per heavy atom. The van der Waals surface area contributed by atoms with E-state index in [4.69, 9.17) is 10.5 Å². The molecule has 0 atom stereocenters. The van der Waals surface area contributed by atoms with Gasteiger partial charge in [0, 0.05) is 0 Å². The third-order valence-electron chi connectivity index (χ3n) is 2.77. The average molecular weight is 174 g/mol. The summed E-state index contributed by atoms with van der Waals surface area (Å²) >= 11 is 0. The lowest BCUT2D eigenvalue weighted by atomic mass is 9.91. The Balaban J connectivity index is 2.89. The van der Waals surface area contributed by atoms with Crippen LogP contribution in [-0.2, 0) is 0 Å². The molecule has 0 aliphatic heterocycles. The predicted molar refractivity (Wildman–Crippen MR) is 50.5 cm³/mol. The van der Waals surface area contributed by atoms with E-state index < -0.39 is 0 Å². The third-order valence-corrected chi connectivity index (χ3v) is 2.77. The zero-order valence-electron chi connectivity index (χ0n) is 8.01. The quantitative estimate of drug-likeness (QED) is 0.604. The molecule has 0 aromatic carbocycles. The fourth-order valence-corrected chi connectivity index (χ4v) is 2.11. The number of nitriles is 2. The molecule has 2 nitrogen and oxygen atoms in total. The van der Waals surface area contributed by atoms with Crippen LogP contribution < -0.4 is 0 Å². The Bertz CT molecular complexity index is 266. The summed E-state index contributed by atoms with van der Waals surface area (Å²) < 4.78 is 0. The van der Waals surface area contributed by atoms with Crippen LogP contribution in [0, 0.1) is 28.6 Å². The van der Waals surface area contributed by atoms with E-state index in [1.54, 1.807) is 0 Å². The minimum absolute atomic E-state index is 0.356. The Morgan fingerprint density at radius 3 is 2.15 bits per heavy atom. The molecule has 0 unspecified atom stereocenters. The SMILES string of the molecule is CCC(=C(C#N)C#N)C1CCCC1. The van der Waals surface area contributed by atoms with Crippen LogP contribution in [0.5, 0.6) is 0 Å². The Kier molecular flexibility index (Phi) is 3.53. The molecule has 0 saturated heterocycles. The molecule has 0 bridgehead atoms. The number of rotatable bonds is 2. The third kappa shape index (κ3) is 2.10. The highest BCUT2D eigenvalue weighted by molar-refractivity contribution is 5.41. The maximum atomic E-state index is 8.76. The van der Waals surface area contributed by atoms with Crippen molar-refractivity contribution in [2.75, 3.05) is 0 Å². The summed E-state index contributed by atoms with van der Waals surface area (Å²) in [5, 5.41) is 17.5. The minimum Gasteiger partial charge on any atom is -0.192 e. The van der Waals surface area contributed by atoms with Gasteiger partial charge in [-0.3, -0.25) is 0 Å². The van der Waals surface area contributed by atoms with Gasteiger partial charge in [-0.2, -0.15) is 10.5 Å². The van der Waals surface area contributed by atoms with Crippen molar-refractivity contribution in [3.8, 4) is 12.1 Å². The second kappa shape index (κ2) is 4.67. The van der Waals surface area contributed by atoms with E-state index in [0.717, 1.165) is 24.8 Å². The summed E-state index contributed by atoms with van der Waals surface area (Å²) in [6.45, 7) is 2.03. The molecule has 1 saturated carbocycles. The van der Waals surface area contributed by atoms with Crippen molar-refractivity contribution in [1.29, 1.82) is 10.5 Å². The fourth-order valence-electron chi connectivity index (χ4n) is 2.11. The van der Waals surface area contributed by atoms with Crippen molar-refractivity contribution in [2.24, 2.45) is 5.92 Å². The van der Waals surface area contributed by atoms with Crippen molar-refractivity contribution in [3.05, 3.63) is 11.1 Å². The number of allylic oxidation sites excluding steroid dienone is 2. The number of hydrogen-bond acceptors (Lipinski definition) is 2. The van der Waals surface area contributed by atoms with Crippen molar-refractivity contribution in [3.63, 3.8) is 0 Å². The molecule has 0 N–H and O–H groups in total. The van der Waals surface area contributed by atoms with E-state index in [-0.39, 0.29) is 0 Å². The summed E-state index contributed by atoms with van der Waals surface area (Å²) in [5.74, 6) is 0.513. The van der Waals surface area contributed by atoms with Crippen LogP contribution in [0.25, 0.3) is 0 Å². The molecule has 2 heteroatoms. The largest absolute Gasteiger partial charge is 0.192 e. The van der Waals surface area contributed by atoms with Crippen LogP contribution >= 0.6 is 0 Å². The van der Waals surface area contributed by atoms with Crippen molar-refractivity contribution in [2.45, 2.75) is 39.0 Å². The van der Waals surface area contributed by atoms with Crippen LogP contribution in [0.1, 0.15) is 39.0 Å². The minimum atomic E-state index is 0.356. The second-order valence-electron chi connectivity index (χ2n) is 3.46. The molecular formula is C11H14N2. The Hall–Kier alpha value is -1.28. The standard InChI is InChI=1S/C11H14N2/c1-2-11(10(7-12)8-13)9-5-3-4-6-9/h9H,2-6H2,1H3. The summed E-state index contributed by atoms with van der Waals surface area (Å²) in [6.07, 6.45) is 5.67. The zero-order chi connectivity index (χ0) is 9.68. The summed E-state index contributed by atoms with van der Waals surface area (Å²) in [5.41, 5.74) is 1.44. The van der Waals surface area contributed by atoms with Gasteiger partial charge in [0.1, 0.15) is 17.7 Å². The Morgan fingerprint density at radius 2 is 1.77 bits per heavy atom. The summed E-state index contributed by atoms with van der Waals surface area (Å²) in [7, 11) is 0. The number of nitrogens with zero attached hydrogens (tertiary/aromatic N) is 2. The first-order chi connectivity index (χ1) is 6.33. The molecule has 1 aliphatic rings. The molecule has 1 aliphatic carbocycles. The lowest BCUT2D eigenvalue weighted by molar-refractivity contribution is 0.618. The zero-order valence-corrected chi connectivity index (χ0v) is 8.01. The van der Waals surface area contributed by atoms with E-state index in [2.05, 4.69) is 0 Å². The van der Waals surface area contributed by atoms with Gasteiger partial charge in [0.2, 0.25) is 0 Å². The molecule has 0 aromatic rings. The monoisotopic (exact) mass is 174 g/mol. The predicted octanol–water partition coefficient (Wildman–Crippen LogP) is 2.93. The molecule has 0 radical (unpaired) electrons. The van der Waals surface area contributed by atoms with Crippen molar-refractivity contribution >= 4 is 0 Å². The Labute approximate surface area is 79.5 Å². The van der Waals surface area contributed by atoms with Crippen LogP contribution in [-0.4, -0.2) is 0 Å². The highest BCUT2D eigenvalue weighted by Gasteiger charge is 2.21. The second-order valence-corrected chi connectivity index (χ2v) is 3.46. The van der Waals surface area contributed by atoms with E-state index in [1.165, 1.54) is 12.8 Å². The summed E-state index contributed by atoms with van der Waals surface area (Å²) in [6, 6.07) is 4.00. The van der Waals surface area contributed by atoms with Gasteiger partial charge in [-0.1, -0.05) is 19.8 Å². The van der Waals surface area contributed by atoms with E-state index in [1.807, 2.05) is 19.1 Å². The maximum Gasteiger partial charge on any atom is 0.129 e. The van der Waals surface area contributed by atoms with Gasteiger partial charge >= 0.3 is 0 Å². The van der Waals surface area contributed by atoms with E-state index in [9.17, 15) is 0 Å². The average Bonchev–Trinajstić information content (AvgIpc) is 2.66. The van der Waals surface area contributed by atoms with Crippen LogP contribution in [0.15, 0.2) is 11.1 Å². The first kappa shape index (κ1) is 9.81. The highest BCUT2D eigenvalue weighted by Crippen LogP contribution is 2.33. The molecule has 0 aromatic heterocycles. The van der Waals surface area contributed by atoms with Gasteiger partial charge < -0.3 is 0 Å². The molecule has 68 valence electrons. The highest BCUT2D eigenvalue weighted by atomic mass is 14.3. The maximum absolute atomic E-state index is 8.76. The van der Waals surface area contributed by atoms with Gasteiger partial charge in [0.15, 0.2) is 0 Å². The lowest BCUT2D eigenvalue weighted by Crippen LogP contribution is -2.00. The van der Waals surface area contributed by atoms with Gasteiger partial charge in [-0.15, -0.1) is 0 Å². The van der Waals surface area contributed by atoms with Gasteiger partial charge in [0.25, 0.3) is 0 Å². The van der Waals surface area contributed by atoms with Gasteiger partial charge in [-0.05, 0) is 30.8 Å². The van der Waals surface area contributed by atoms with E-state index in [0.29, 0.717) is 11.5 Å². The molecule has 0 spiro atoms. The molecule has 0 heterocycles. The molecular weight excluding hydrogens is 160 g/mol. The van der Waals surface area contributed by atoms with Crippen molar-refractivity contribution in [1.82, 2.24) is 0 Å². The molecule has 1 rings (SSSR count). The van der Waals surface area contributed by atoms with Crippen LogP contribution in [0.2, 0.25) is 0 Å². The van der Waals surface area contributed by atoms with Crippen LogP contribution in [0.4, 0.5) is 0 Å². The fraction of sp³-hybridized carbons (Fsp3) is 0.636. The van der Waals surface area contributed by atoms with Gasteiger partial charge in [-0.25, -0.2) is 0 Å². The number of hydrogen-bond donors (Lipinski definition) is 0. The lowest BCUT2D eigenvalue weighted by Gasteiger charge is -2.11. The van der Waals surface area contributed by atoms with Crippen molar-refractivity contribution < 1.29 is 0 Å². The van der Waals surface area contributed by atoms with Crippen LogP contribution in [0.3, 0.4) is 0 Å². The summed E-state index contributed by atoms with van der Waals surface area (Å²) in [4.78, 5) is 0. The molecule has 1 fully saturated rings. The normalized spacial score (nSPS) is 16.2. The first-order valence-corrected chi connectivity index (χ1v) is 4.86. The first-order valence-electron chi connectivity index (χ1n) is 4.86. The smallest absolute Gasteiger partial charge is 0.129 e. The molecule has 0 amide bonds. The van der Waals surface area contributed by atoms with E-state index >= 15 is 0 Å². The molecule has 13 heavy (non-hydrogen) atoms. The van der Waals surface area contributed by atoms with Gasteiger partial charge in [0.05, 0.1) is 0 Å².